The fraction of sp³-hybridized carbons (Fsp3) is 0.0588. The number of benzene rings is 3. The number of ether oxygens (including phenoxy) is 1. The molecule has 0 aliphatic rings. The second-order valence-corrected chi connectivity index (χ2v) is 6.92. The van der Waals surface area contributed by atoms with Crippen LogP contribution in [0, 0.1) is 10.1 Å². The number of nitro groups is 1. The molecule has 0 aromatic heterocycles. The van der Waals surface area contributed by atoms with E-state index in [9.17, 15) is 18.5 Å². The van der Waals surface area contributed by atoms with E-state index in [4.69, 9.17) is 9.88 Å². The molecule has 0 atom stereocenters. The summed E-state index contributed by atoms with van der Waals surface area (Å²) in [4.78, 5) is 10.2. The maximum Gasteiger partial charge on any atom is 0.312 e. The normalized spacial score (nSPS) is 11.4. The number of sulfonamides is 1. The van der Waals surface area contributed by atoms with Crippen LogP contribution in [0.5, 0.6) is 5.75 Å². The van der Waals surface area contributed by atoms with Crippen LogP contribution < -0.4 is 9.88 Å². The summed E-state index contributed by atoms with van der Waals surface area (Å²) >= 11 is 0. The van der Waals surface area contributed by atoms with Crippen molar-refractivity contribution in [1.29, 1.82) is 0 Å². The number of rotatable bonds is 5. The van der Waals surface area contributed by atoms with E-state index >= 15 is 0 Å². The van der Waals surface area contributed by atoms with Gasteiger partial charge >= 0.3 is 5.69 Å². The van der Waals surface area contributed by atoms with Crippen molar-refractivity contribution in [2.45, 2.75) is 11.5 Å². The molecule has 3 aromatic rings. The van der Waals surface area contributed by atoms with Crippen LogP contribution in [0.3, 0.4) is 0 Å². The fourth-order valence-electron chi connectivity index (χ4n) is 2.51. The lowest BCUT2D eigenvalue weighted by Gasteiger charge is -2.10. The Hall–Kier alpha value is -2.97. The smallest absolute Gasteiger partial charge is 0.312 e. The highest BCUT2D eigenvalue weighted by Gasteiger charge is 2.20. The molecule has 0 amide bonds. The highest BCUT2D eigenvalue weighted by molar-refractivity contribution is 7.89. The number of hydrogen-bond donors (Lipinski definition) is 1. The van der Waals surface area contributed by atoms with Crippen LogP contribution in [0.15, 0.2) is 65.6 Å². The molecule has 25 heavy (non-hydrogen) atoms. The van der Waals surface area contributed by atoms with Crippen LogP contribution in [0.4, 0.5) is 5.69 Å². The predicted molar refractivity (Wildman–Crippen MR) is 92.7 cm³/mol. The van der Waals surface area contributed by atoms with Crippen molar-refractivity contribution < 1.29 is 18.1 Å². The molecule has 0 bridgehead atoms. The second-order valence-electron chi connectivity index (χ2n) is 5.36. The second kappa shape index (κ2) is 6.50. The van der Waals surface area contributed by atoms with Crippen LogP contribution >= 0.6 is 0 Å². The lowest BCUT2D eigenvalue weighted by atomic mass is 10.1. The lowest BCUT2D eigenvalue weighted by Crippen LogP contribution is -2.12. The summed E-state index contributed by atoms with van der Waals surface area (Å²) in [7, 11) is -4.03. The van der Waals surface area contributed by atoms with Crippen LogP contribution in [0.25, 0.3) is 10.8 Å². The molecule has 0 aliphatic heterocycles. The molecule has 0 aliphatic carbocycles. The van der Waals surface area contributed by atoms with Gasteiger partial charge in [-0.25, -0.2) is 13.6 Å². The van der Waals surface area contributed by atoms with Gasteiger partial charge in [-0.3, -0.25) is 10.1 Å². The Morgan fingerprint density at radius 2 is 1.76 bits per heavy atom. The van der Waals surface area contributed by atoms with Crippen molar-refractivity contribution in [1.82, 2.24) is 0 Å². The van der Waals surface area contributed by atoms with Crippen LogP contribution in [0.1, 0.15) is 5.56 Å². The van der Waals surface area contributed by atoms with Crippen molar-refractivity contribution in [3.8, 4) is 5.75 Å². The summed E-state index contributed by atoms with van der Waals surface area (Å²) in [5.74, 6) is -0.0228. The predicted octanol–water partition coefficient (Wildman–Crippen LogP) is 2.97. The van der Waals surface area contributed by atoms with Crippen LogP contribution in [-0.2, 0) is 16.6 Å². The number of fused-ring (bicyclic) bond motifs is 1. The van der Waals surface area contributed by atoms with E-state index in [1.54, 1.807) is 0 Å². The first kappa shape index (κ1) is 16.9. The highest BCUT2D eigenvalue weighted by atomic mass is 32.2. The molecule has 8 heteroatoms. The first-order valence-corrected chi connectivity index (χ1v) is 8.81. The molecule has 0 saturated carbocycles. The Kier molecular flexibility index (Phi) is 4.39. The molecular weight excluding hydrogens is 344 g/mol. The quantitative estimate of drug-likeness (QED) is 0.556. The van der Waals surface area contributed by atoms with Crippen molar-refractivity contribution in [2.24, 2.45) is 5.14 Å². The Bertz CT molecular complexity index is 1060. The molecule has 0 saturated heterocycles. The van der Waals surface area contributed by atoms with Gasteiger partial charge in [-0.05, 0) is 28.5 Å². The van der Waals surface area contributed by atoms with E-state index in [2.05, 4.69) is 0 Å². The zero-order valence-electron chi connectivity index (χ0n) is 13.0. The van der Waals surface area contributed by atoms with Gasteiger partial charge in [-0.2, -0.15) is 0 Å². The first-order chi connectivity index (χ1) is 11.9. The third-order valence-electron chi connectivity index (χ3n) is 3.72. The monoisotopic (exact) mass is 358 g/mol. The summed E-state index contributed by atoms with van der Waals surface area (Å²) in [6.45, 7) is 0.108. The summed E-state index contributed by atoms with van der Waals surface area (Å²) in [6, 6.07) is 16.7. The average Bonchev–Trinajstić information content (AvgIpc) is 2.58. The molecule has 2 N–H and O–H groups in total. The van der Waals surface area contributed by atoms with Crippen molar-refractivity contribution >= 4 is 26.5 Å². The maximum absolute atomic E-state index is 11.4. The van der Waals surface area contributed by atoms with Crippen LogP contribution in [-0.4, -0.2) is 13.3 Å². The summed E-state index contributed by atoms with van der Waals surface area (Å²) in [5.41, 5.74) is 0.412. The van der Waals surface area contributed by atoms with E-state index in [0.29, 0.717) is 0 Å². The Morgan fingerprint density at radius 3 is 2.48 bits per heavy atom. The number of primary sulfonamides is 1. The molecule has 128 valence electrons. The molecule has 7 nitrogen and oxygen atoms in total. The minimum atomic E-state index is -4.03. The molecule has 0 fully saturated rings. The number of nitrogens with two attached hydrogens (primary N) is 1. The minimum absolute atomic E-state index is 0.0228. The Morgan fingerprint density at radius 1 is 1.04 bits per heavy atom. The standard InChI is InChI=1S/C17H14N2O5S/c18-25(22,23)14-8-9-17(16(10-14)19(20)21)24-11-13-6-3-5-12-4-1-2-7-15(12)13/h1-10H,11H2,(H2,18,22,23). The van der Waals surface area contributed by atoms with Crippen molar-refractivity contribution in [3.63, 3.8) is 0 Å². The summed E-state index contributed by atoms with van der Waals surface area (Å²) in [5, 5.41) is 18.2. The molecule has 3 aromatic carbocycles. The maximum atomic E-state index is 11.4. The molecule has 0 spiro atoms. The molecule has 3 rings (SSSR count). The van der Waals surface area contributed by atoms with Gasteiger partial charge in [0.15, 0.2) is 5.75 Å². The van der Waals surface area contributed by atoms with Gasteiger partial charge in [0.05, 0.1) is 9.82 Å². The van der Waals surface area contributed by atoms with Gasteiger partial charge in [0.25, 0.3) is 0 Å². The van der Waals surface area contributed by atoms with E-state index in [0.717, 1.165) is 22.4 Å². The molecule has 0 heterocycles. The van der Waals surface area contributed by atoms with Gasteiger partial charge in [0.1, 0.15) is 6.61 Å². The third-order valence-corrected chi connectivity index (χ3v) is 4.63. The lowest BCUT2D eigenvalue weighted by molar-refractivity contribution is -0.386. The highest BCUT2D eigenvalue weighted by Crippen LogP contribution is 2.30. The summed E-state index contributed by atoms with van der Waals surface area (Å²) in [6.07, 6.45) is 0. The average molecular weight is 358 g/mol. The van der Waals surface area contributed by atoms with Gasteiger partial charge in [-0.15, -0.1) is 0 Å². The van der Waals surface area contributed by atoms with Gasteiger partial charge in [0.2, 0.25) is 10.0 Å². The van der Waals surface area contributed by atoms with Crippen molar-refractivity contribution in [3.05, 3.63) is 76.3 Å². The van der Waals surface area contributed by atoms with Crippen molar-refractivity contribution in [2.75, 3.05) is 0 Å². The number of nitrogens with zero attached hydrogens (tertiary/aromatic N) is 1. The van der Waals surface area contributed by atoms with Gasteiger partial charge in [-0.1, -0.05) is 42.5 Å². The number of nitro benzene ring substituents is 1. The SMILES string of the molecule is NS(=O)(=O)c1ccc(OCc2cccc3ccccc23)c([N+](=O)[O-])c1. The largest absolute Gasteiger partial charge is 0.482 e. The summed E-state index contributed by atoms with van der Waals surface area (Å²) < 4.78 is 28.3. The zero-order chi connectivity index (χ0) is 18.0. The Labute approximate surface area is 143 Å². The topological polar surface area (TPSA) is 113 Å². The van der Waals surface area contributed by atoms with E-state index < -0.39 is 20.6 Å². The Balaban J connectivity index is 1.94. The first-order valence-electron chi connectivity index (χ1n) is 7.27. The molecule has 0 radical (unpaired) electrons. The molecular formula is C17H14N2O5S. The fourth-order valence-corrected chi connectivity index (χ4v) is 3.05. The number of hydrogen-bond acceptors (Lipinski definition) is 5. The molecule has 0 unspecified atom stereocenters. The van der Waals surface area contributed by atoms with Gasteiger partial charge in [0, 0.05) is 6.07 Å². The van der Waals surface area contributed by atoms with E-state index in [-0.39, 0.29) is 17.3 Å². The minimum Gasteiger partial charge on any atom is -0.482 e. The van der Waals surface area contributed by atoms with E-state index in [1.165, 1.54) is 12.1 Å². The zero-order valence-corrected chi connectivity index (χ0v) is 13.8. The van der Waals surface area contributed by atoms with Gasteiger partial charge < -0.3 is 4.74 Å². The third kappa shape index (κ3) is 3.59. The van der Waals surface area contributed by atoms with Crippen LogP contribution in [0.2, 0.25) is 0 Å². The van der Waals surface area contributed by atoms with E-state index in [1.807, 2.05) is 42.5 Å².